The summed E-state index contributed by atoms with van der Waals surface area (Å²) in [6.45, 7) is 7.88. The molecule has 1 saturated heterocycles. The third-order valence-electron chi connectivity index (χ3n) is 3.65. The molecule has 1 fully saturated rings. The zero-order valence-corrected chi connectivity index (χ0v) is 16.2. The minimum absolute atomic E-state index is 0.224. The zero-order valence-electron chi connectivity index (χ0n) is 13.9. The molecule has 2 rings (SSSR count). The van der Waals surface area contributed by atoms with Gasteiger partial charge in [0.1, 0.15) is 5.60 Å². The van der Waals surface area contributed by atoms with Crippen LogP contribution in [0, 0.1) is 0 Å². The Bertz CT molecular complexity index is 560. The van der Waals surface area contributed by atoms with E-state index in [-0.39, 0.29) is 12.1 Å². The molecule has 0 bridgehead atoms. The van der Waals surface area contributed by atoms with Gasteiger partial charge in [0.25, 0.3) is 0 Å². The molecule has 1 aliphatic heterocycles. The van der Waals surface area contributed by atoms with Gasteiger partial charge in [0, 0.05) is 30.1 Å². The highest BCUT2D eigenvalue weighted by Gasteiger charge is 2.27. The summed E-state index contributed by atoms with van der Waals surface area (Å²) in [6, 6.07) is 6.19. The Balaban J connectivity index is 1.86. The molecule has 1 aromatic carbocycles. The van der Waals surface area contributed by atoms with E-state index in [0.717, 1.165) is 36.0 Å². The van der Waals surface area contributed by atoms with Crippen LogP contribution in [0.1, 0.15) is 39.2 Å². The van der Waals surface area contributed by atoms with Crippen molar-refractivity contribution in [3.63, 3.8) is 0 Å². The van der Waals surface area contributed by atoms with Gasteiger partial charge in [-0.1, -0.05) is 17.7 Å². The number of ether oxygens (including phenoxy) is 1. The van der Waals surface area contributed by atoms with Crippen LogP contribution < -0.4 is 5.32 Å². The van der Waals surface area contributed by atoms with Crippen molar-refractivity contribution in [3.8, 4) is 0 Å². The molecule has 1 aliphatic rings. The van der Waals surface area contributed by atoms with Crippen LogP contribution in [0.25, 0.3) is 0 Å². The number of hydrogen-bond donors (Lipinski definition) is 1. The van der Waals surface area contributed by atoms with Gasteiger partial charge in [0.2, 0.25) is 0 Å². The zero-order chi connectivity index (χ0) is 17.0. The van der Waals surface area contributed by atoms with Crippen LogP contribution in [0.2, 0.25) is 5.02 Å². The first-order valence-electron chi connectivity index (χ1n) is 7.90. The molecule has 0 radical (unpaired) electrons. The maximum Gasteiger partial charge on any atom is 0.410 e. The van der Waals surface area contributed by atoms with Gasteiger partial charge in [-0.2, -0.15) is 0 Å². The summed E-state index contributed by atoms with van der Waals surface area (Å²) in [5.74, 6) is 0. The van der Waals surface area contributed by atoms with Crippen molar-refractivity contribution < 1.29 is 9.53 Å². The second-order valence-corrected chi connectivity index (χ2v) is 8.16. The van der Waals surface area contributed by atoms with E-state index in [1.54, 1.807) is 4.90 Å². The molecule has 1 aromatic rings. The first-order valence-corrected chi connectivity index (χ1v) is 9.07. The fourth-order valence-corrected chi connectivity index (χ4v) is 3.09. The molecule has 6 heteroatoms. The van der Waals surface area contributed by atoms with E-state index in [1.807, 2.05) is 39.0 Å². The molecule has 1 N–H and O–H groups in total. The lowest BCUT2D eigenvalue weighted by Gasteiger charge is -2.34. The minimum Gasteiger partial charge on any atom is -0.444 e. The third kappa shape index (κ3) is 5.98. The first kappa shape index (κ1) is 18.6. The van der Waals surface area contributed by atoms with E-state index in [2.05, 4.69) is 21.2 Å². The maximum atomic E-state index is 12.2. The van der Waals surface area contributed by atoms with Crippen LogP contribution in [0.3, 0.4) is 0 Å². The number of carbonyl (C=O) groups is 1. The largest absolute Gasteiger partial charge is 0.444 e. The number of halogens is 2. The predicted octanol–water partition coefficient (Wildman–Crippen LogP) is 4.59. The number of nitrogens with one attached hydrogen (secondary N) is 1. The Kier molecular flexibility index (Phi) is 6.34. The SMILES string of the molecule is CC(C)(C)OC(=O)N1CCCC(NCc2ccc(Cl)c(Br)c2)C1. The third-order valence-corrected chi connectivity index (χ3v) is 4.87. The number of nitrogens with zero attached hydrogens (tertiary/aromatic N) is 1. The smallest absolute Gasteiger partial charge is 0.410 e. The standard InChI is InChI=1S/C17H24BrClN2O2/c1-17(2,3)23-16(22)21-8-4-5-13(11-21)20-10-12-6-7-15(19)14(18)9-12/h6-7,9,13,20H,4-5,8,10-11H2,1-3H3. The monoisotopic (exact) mass is 402 g/mol. The van der Waals surface area contributed by atoms with Gasteiger partial charge < -0.3 is 15.0 Å². The van der Waals surface area contributed by atoms with Gasteiger partial charge in [-0.3, -0.25) is 0 Å². The number of amides is 1. The van der Waals surface area contributed by atoms with Gasteiger partial charge in [-0.15, -0.1) is 0 Å². The molecular formula is C17H24BrClN2O2. The lowest BCUT2D eigenvalue weighted by atomic mass is 10.1. The van der Waals surface area contributed by atoms with E-state index in [0.29, 0.717) is 11.6 Å². The van der Waals surface area contributed by atoms with E-state index in [1.165, 1.54) is 0 Å². The Morgan fingerprint density at radius 3 is 2.87 bits per heavy atom. The van der Waals surface area contributed by atoms with Crippen LogP contribution in [-0.4, -0.2) is 35.7 Å². The summed E-state index contributed by atoms with van der Waals surface area (Å²) in [5, 5.41) is 4.23. The second kappa shape index (κ2) is 7.86. The van der Waals surface area contributed by atoms with Gasteiger partial charge in [-0.25, -0.2) is 4.79 Å². The summed E-state index contributed by atoms with van der Waals surface area (Å²) in [6.07, 6.45) is 1.83. The molecule has 0 saturated carbocycles. The van der Waals surface area contributed by atoms with Gasteiger partial charge in [-0.05, 0) is 67.2 Å². The number of hydrogen-bond acceptors (Lipinski definition) is 3. The number of benzene rings is 1. The van der Waals surface area contributed by atoms with Crippen molar-refractivity contribution in [3.05, 3.63) is 33.3 Å². The normalized spacial score (nSPS) is 18.8. The summed E-state index contributed by atoms with van der Waals surface area (Å²) in [7, 11) is 0. The van der Waals surface area contributed by atoms with Crippen molar-refractivity contribution in [1.82, 2.24) is 10.2 Å². The Hall–Kier alpha value is -0.780. The summed E-state index contributed by atoms with van der Waals surface area (Å²) >= 11 is 9.45. The van der Waals surface area contributed by atoms with Crippen LogP contribution in [0.4, 0.5) is 4.79 Å². The van der Waals surface area contributed by atoms with E-state index < -0.39 is 5.60 Å². The molecule has 0 spiro atoms. The Labute approximate surface area is 151 Å². The molecule has 1 atom stereocenters. The van der Waals surface area contributed by atoms with Crippen LogP contribution in [-0.2, 0) is 11.3 Å². The number of piperidine rings is 1. The van der Waals surface area contributed by atoms with Crippen molar-refractivity contribution in [2.45, 2.75) is 51.8 Å². The highest BCUT2D eigenvalue weighted by atomic mass is 79.9. The van der Waals surface area contributed by atoms with E-state index in [9.17, 15) is 4.79 Å². The van der Waals surface area contributed by atoms with Crippen LogP contribution in [0.5, 0.6) is 0 Å². The van der Waals surface area contributed by atoms with Gasteiger partial charge in [0.15, 0.2) is 0 Å². The number of likely N-dealkylation sites (tertiary alicyclic amines) is 1. The maximum absolute atomic E-state index is 12.2. The Morgan fingerprint density at radius 2 is 2.22 bits per heavy atom. The summed E-state index contributed by atoms with van der Waals surface area (Å²) < 4.78 is 6.36. The molecule has 4 nitrogen and oxygen atoms in total. The van der Waals surface area contributed by atoms with Crippen molar-refractivity contribution in [2.75, 3.05) is 13.1 Å². The van der Waals surface area contributed by atoms with Crippen molar-refractivity contribution in [1.29, 1.82) is 0 Å². The second-order valence-electron chi connectivity index (χ2n) is 6.89. The Morgan fingerprint density at radius 1 is 1.48 bits per heavy atom. The lowest BCUT2D eigenvalue weighted by Crippen LogP contribution is -2.49. The molecule has 0 aromatic heterocycles. The topological polar surface area (TPSA) is 41.6 Å². The molecule has 128 valence electrons. The molecule has 1 heterocycles. The molecule has 1 unspecified atom stereocenters. The van der Waals surface area contributed by atoms with Crippen molar-refractivity contribution in [2.24, 2.45) is 0 Å². The fourth-order valence-electron chi connectivity index (χ4n) is 2.55. The molecule has 23 heavy (non-hydrogen) atoms. The fraction of sp³-hybridized carbons (Fsp3) is 0.588. The molecule has 1 amide bonds. The quantitative estimate of drug-likeness (QED) is 0.802. The predicted molar refractivity (Wildman–Crippen MR) is 96.8 cm³/mol. The van der Waals surface area contributed by atoms with Crippen molar-refractivity contribution >= 4 is 33.6 Å². The van der Waals surface area contributed by atoms with Crippen LogP contribution in [0.15, 0.2) is 22.7 Å². The average molecular weight is 404 g/mol. The van der Waals surface area contributed by atoms with Gasteiger partial charge in [0.05, 0.1) is 5.02 Å². The first-order chi connectivity index (χ1) is 10.7. The highest BCUT2D eigenvalue weighted by Crippen LogP contribution is 2.23. The number of rotatable bonds is 3. The van der Waals surface area contributed by atoms with Crippen LogP contribution >= 0.6 is 27.5 Å². The van der Waals surface area contributed by atoms with E-state index >= 15 is 0 Å². The van der Waals surface area contributed by atoms with Gasteiger partial charge >= 0.3 is 6.09 Å². The van der Waals surface area contributed by atoms with E-state index in [4.69, 9.17) is 16.3 Å². The summed E-state index contributed by atoms with van der Waals surface area (Å²) in [5.41, 5.74) is 0.711. The average Bonchev–Trinajstić information content (AvgIpc) is 2.47. The molecule has 0 aliphatic carbocycles. The molecular weight excluding hydrogens is 380 g/mol. The lowest BCUT2D eigenvalue weighted by molar-refractivity contribution is 0.0187. The minimum atomic E-state index is -0.451. The summed E-state index contributed by atoms with van der Waals surface area (Å²) in [4.78, 5) is 14.0. The number of carbonyl (C=O) groups excluding carboxylic acids is 1. The highest BCUT2D eigenvalue weighted by molar-refractivity contribution is 9.10.